The number of nitrogens with two attached hydrogens (primary N) is 2. The van der Waals surface area contributed by atoms with Gasteiger partial charge in [0.05, 0.1) is 5.56 Å². The van der Waals surface area contributed by atoms with E-state index in [2.05, 4.69) is 4.98 Å². The van der Waals surface area contributed by atoms with Gasteiger partial charge < -0.3 is 11.5 Å². The number of primary amides is 1. The van der Waals surface area contributed by atoms with Gasteiger partial charge in [-0.15, -0.1) is 24.8 Å². The van der Waals surface area contributed by atoms with Crippen molar-refractivity contribution >= 4 is 36.6 Å². The first-order chi connectivity index (χ1) is 5.61. The molecule has 0 fully saturated rings. The Morgan fingerprint density at radius 1 is 1.29 bits per heavy atom. The van der Waals surface area contributed by atoms with Gasteiger partial charge in [-0.1, -0.05) is 0 Å². The van der Waals surface area contributed by atoms with E-state index in [9.17, 15) is 4.79 Å². The summed E-state index contributed by atoms with van der Waals surface area (Å²) < 4.78 is 0. The second kappa shape index (κ2) is 6.17. The molecule has 0 saturated heterocycles. The molecule has 0 aromatic carbocycles. The molecule has 1 amide bonds. The van der Waals surface area contributed by atoms with Gasteiger partial charge >= 0.3 is 0 Å². The molecule has 0 aliphatic rings. The van der Waals surface area contributed by atoms with Crippen LogP contribution in [0.25, 0.3) is 0 Å². The summed E-state index contributed by atoms with van der Waals surface area (Å²) in [6, 6.07) is 2.95. The number of carbonyl (C=O) groups excluding carboxylic acids is 1. The Balaban J connectivity index is 0. The van der Waals surface area contributed by atoms with Crippen LogP contribution in [-0.4, -0.2) is 16.7 Å². The number of hydrogen-bond donors (Lipinski definition) is 3. The lowest BCUT2D eigenvalue weighted by Crippen LogP contribution is -2.15. The maximum Gasteiger partial charge on any atom is 0.250 e. The first-order valence-corrected chi connectivity index (χ1v) is 3.21. The topological polar surface area (TPSA) is 106 Å². The summed E-state index contributed by atoms with van der Waals surface area (Å²) >= 11 is 0. The Hall–Kier alpha value is -1.33. The van der Waals surface area contributed by atoms with Crippen LogP contribution in [0.3, 0.4) is 0 Å². The molecule has 0 spiro atoms. The van der Waals surface area contributed by atoms with Gasteiger partial charge in [-0.2, -0.15) is 0 Å². The molecule has 0 atom stereocenters. The van der Waals surface area contributed by atoms with E-state index in [0.717, 1.165) is 0 Å². The summed E-state index contributed by atoms with van der Waals surface area (Å²) in [4.78, 5) is 14.3. The predicted octanol–water partition coefficient (Wildman–Crippen LogP) is 0.308. The van der Waals surface area contributed by atoms with E-state index < -0.39 is 5.91 Å². The number of aromatic nitrogens is 1. The zero-order valence-corrected chi connectivity index (χ0v) is 8.69. The van der Waals surface area contributed by atoms with Gasteiger partial charge in [-0.25, -0.2) is 0 Å². The Labute approximate surface area is 93.2 Å². The Bertz CT molecular complexity index is 292. The van der Waals surface area contributed by atoms with E-state index in [-0.39, 0.29) is 30.6 Å². The van der Waals surface area contributed by atoms with Crippen LogP contribution in [0.1, 0.15) is 16.1 Å². The lowest BCUT2D eigenvalue weighted by atomic mass is 10.2. The summed E-state index contributed by atoms with van der Waals surface area (Å²) in [6.07, 6.45) is 1.29. The molecule has 7 heteroatoms. The van der Waals surface area contributed by atoms with Crippen molar-refractivity contribution in [2.24, 2.45) is 11.5 Å². The fraction of sp³-hybridized carbons (Fsp3) is 0. The molecule has 5 N–H and O–H groups in total. The fourth-order valence-electron chi connectivity index (χ4n) is 0.699. The Kier molecular flexibility index (Phi) is 6.68. The van der Waals surface area contributed by atoms with Crippen LogP contribution >= 0.6 is 24.8 Å². The number of pyridine rings is 1. The van der Waals surface area contributed by atoms with Gasteiger partial charge in [-0.05, 0) is 12.1 Å². The van der Waals surface area contributed by atoms with Crippen LogP contribution in [0.2, 0.25) is 0 Å². The average Bonchev–Trinajstić information content (AvgIpc) is 2.04. The largest absolute Gasteiger partial charge is 0.382 e. The van der Waals surface area contributed by atoms with Crippen LogP contribution < -0.4 is 11.5 Å². The highest BCUT2D eigenvalue weighted by atomic mass is 35.5. The fourth-order valence-corrected chi connectivity index (χ4v) is 0.699. The average molecular weight is 237 g/mol. The van der Waals surface area contributed by atoms with E-state index in [0.29, 0.717) is 11.3 Å². The van der Waals surface area contributed by atoms with Crippen LogP contribution in [-0.2, 0) is 0 Å². The van der Waals surface area contributed by atoms with Gasteiger partial charge in [0.25, 0.3) is 0 Å². The normalized spacial score (nSPS) is 8.00. The summed E-state index contributed by atoms with van der Waals surface area (Å²) in [5.41, 5.74) is 10.8. The van der Waals surface area contributed by atoms with Crippen molar-refractivity contribution in [2.45, 2.75) is 0 Å². The summed E-state index contributed by atoms with van der Waals surface area (Å²) in [5, 5.41) is 7.01. The SMILES string of the molecule is Cl.Cl.N=C(N)c1ccc(C(N)=O)cn1. The third-order valence-corrected chi connectivity index (χ3v) is 1.32. The standard InChI is InChI=1S/C7H8N4O.2ClH/c8-6(9)5-2-1-4(3-11-5)7(10)12;;/h1-3H,(H3,8,9)(H2,10,12);2*1H. The van der Waals surface area contributed by atoms with Gasteiger partial charge in [0.1, 0.15) is 11.5 Å². The summed E-state index contributed by atoms with van der Waals surface area (Å²) in [5.74, 6) is -0.677. The molecular formula is C7H10Cl2N4O. The number of rotatable bonds is 2. The second-order valence-electron chi connectivity index (χ2n) is 2.21. The van der Waals surface area contributed by atoms with Crippen molar-refractivity contribution in [2.75, 3.05) is 0 Å². The number of halogens is 2. The smallest absolute Gasteiger partial charge is 0.250 e. The highest BCUT2D eigenvalue weighted by Gasteiger charge is 2.01. The highest BCUT2D eigenvalue weighted by molar-refractivity contribution is 5.95. The van der Waals surface area contributed by atoms with Crippen LogP contribution in [0.15, 0.2) is 18.3 Å². The molecule has 1 aromatic heterocycles. The molecule has 0 radical (unpaired) electrons. The second-order valence-corrected chi connectivity index (χ2v) is 2.21. The molecule has 0 bridgehead atoms. The molecule has 0 aliphatic carbocycles. The minimum atomic E-state index is -0.544. The molecule has 0 unspecified atom stereocenters. The van der Waals surface area contributed by atoms with Gasteiger partial charge in [0.2, 0.25) is 5.91 Å². The molecular weight excluding hydrogens is 227 g/mol. The maximum atomic E-state index is 10.6. The third-order valence-electron chi connectivity index (χ3n) is 1.32. The van der Waals surface area contributed by atoms with Crippen molar-refractivity contribution in [3.05, 3.63) is 29.6 Å². The molecule has 0 saturated carbocycles. The summed E-state index contributed by atoms with van der Waals surface area (Å²) in [7, 11) is 0. The van der Waals surface area contributed by atoms with E-state index in [4.69, 9.17) is 16.9 Å². The highest BCUT2D eigenvalue weighted by Crippen LogP contribution is 1.97. The molecule has 5 nitrogen and oxygen atoms in total. The molecule has 14 heavy (non-hydrogen) atoms. The number of hydrogen-bond acceptors (Lipinski definition) is 3. The zero-order chi connectivity index (χ0) is 9.14. The first-order valence-electron chi connectivity index (χ1n) is 3.21. The van der Waals surface area contributed by atoms with Crippen LogP contribution in [0.5, 0.6) is 0 Å². The quantitative estimate of drug-likeness (QED) is 0.509. The minimum Gasteiger partial charge on any atom is -0.382 e. The number of amidine groups is 1. The van der Waals surface area contributed by atoms with Gasteiger partial charge in [-0.3, -0.25) is 15.2 Å². The van der Waals surface area contributed by atoms with Crippen molar-refractivity contribution in [1.29, 1.82) is 5.41 Å². The van der Waals surface area contributed by atoms with Crippen LogP contribution in [0, 0.1) is 5.41 Å². The number of amides is 1. The first kappa shape index (κ1) is 15.2. The van der Waals surface area contributed by atoms with Crippen molar-refractivity contribution in [3.8, 4) is 0 Å². The zero-order valence-electron chi connectivity index (χ0n) is 7.06. The third kappa shape index (κ3) is 3.59. The Morgan fingerprint density at radius 2 is 1.86 bits per heavy atom. The molecule has 1 heterocycles. The van der Waals surface area contributed by atoms with Crippen molar-refractivity contribution in [3.63, 3.8) is 0 Å². The number of nitrogens with zero attached hydrogens (tertiary/aromatic N) is 1. The Morgan fingerprint density at radius 3 is 2.14 bits per heavy atom. The summed E-state index contributed by atoms with van der Waals surface area (Å²) in [6.45, 7) is 0. The van der Waals surface area contributed by atoms with Gasteiger partial charge in [0, 0.05) is 6.20 Å². The lowest BCUT2D eigenvalue weighted by molar-refractivity contribution is 0.1000. The van der Waals surface area contributed by atoms with E-state index >= 15 is 0 Å². The molecule has 0 aliphatic heterocycles. The molecule has 1 aromatic rings. The minimum absolute atomic E-state index is 0. The number of nitrogen functional groups attached to an aromatic ring is 1. The maximum absolute atomic E-state index is 10.6. The molecule has 78 valence electrons. The van der Waals surface area contributed by atoms with Gasteiger partial charge in [0.15, 0.2) is 0 Å². The lowest BCUT2D eigenvalue weighted by Gasteiger charge is -1.97. The van der Waals surface area contributed by atoms with Crippen molar-refractivity contribution in [1.82, 2.24) is 4.98 Å². The van der Waals surface area contributed by atoms with Crippen LogP contribution in [0.4, 0.5) is 0 Å². The van der Waals surface area contributed by atoms with E-state index in [1.165, 1.54) is 18.3 Å². The number of nitrogens with one attached hydrogen (secondary N) is 1. The molecule has 1 rings (SSSR count). The van der Waals surface area contributed by atoms with Crippen molar-refractivity contribution < 1.29 is 4.79 Å². The number of carbonyl (C=O) groups is 1. The van der Waals surface area contributed by atoms with E-state index in [1.807, 2.05) is 0 Å². The predicted molar refractivity (Wildman–Crippen MR) is 58.3 cm³/mol. The monoisotopic (exact) mass is 236 g/mol. The van der Waals surface area contributed by atoms with E-state index in [1.54, 1.807) is 0 Å².